The summed E-state index contributed by atoms with van der Waals surface area (Å²) < 4.78 is 0.836. The molecule has 1 aliphatic carbocycles. The zero-order chi connectivity index (χ0) is 19.1. The molecular weight excluding hydrogens is 376 g/mol. The molecule has 1 N–H and O–H groups in total. The number of likely N-dealkylation sites (N-methyl/N-ethyl adjacent to an activating group) is 1. The van der Waals surface area contributed by atoms with E-state index in [1.807, 2.05) is 49.1 Å². The van der Waals surface area contributed by atoms with Crippen LogP contribution in [0, 0.1) is 0 Å². The number of amides is 1. The molecule has 0 saturated heterocycles. The predicted molar refractivity (Wildman–Crippen MR) is 113 cm³/mol. The summed E-state index contributed by atoms with van der Waals surface area (Å²) in [6.45, 7) is 5.46. The van der Waals surface area contributed by atoms with E-state index in [1.54, 1.807) is 11.3 Å². The molecule has 1 amide bonds. The molecule has 0 aliphatic heterocycles. The van der Waals surface area contributed by atoms with Gasteiger partial charge in [0.15, 0.2) is 4.34 Å². The third-order valence-corrected chi connectivity index (χ3v) is 7.14. The molecule has 0 spiro atoms. The highest BCUT2D eigenvalue weighted by Gasteiger charge is 2.27. The molecule has 1 aromatic carbocycles. The van der Waals surface area contributed by atoms with E-state index in [0.29, 0.717) is 19.1 Å². The van der Waals surface area contributed by atoms with E-state index in [1.165, 1.54) is 43.9 Å². The molecule has 1 aliphatic rings. The normalized spacial score (nSPS) is 16.1. The number of rotatable bonds is 8. The number of nitrogens with zero attached hydrogens (tertiary/aromatic N) is 3. The molecule has 1 saturated carbocycles. The molecule has 1 atom stereocenters. The molecule has 3 rings (SSSR count). The van der Waals surface area contributed by atoms with Crippen molar-refractivity contribution in [2.75, 3.05) is 18.4 Å². The molecular formula is C20H28N4OS2. The molecule has 0 bridgehead atoms. The predicted octanol–water partition coefficient (Wildman–Crippen LogP) is 4.98. The molecule has 27 heavy (non-hydrogen) atoms. The highest BCUT2D eigenvalue weighted by Crippen LogP contribution is 2.39. The average Bonchev–Trinajstić information content (AvgIpc) is 3.15. The van der Waals surface area contributed by atoms with Gasteiger partial charge in [-0.2, -0.15) is 0 Å². The van der Waals surface area contributed by atoms with Crippen molar-refractivity contribution >= 4 is 34.1 Å². The van der Waals surface area contributed by atoms with Gasteiger partial charge in [-0.25, -0.2) is 0 Å². The van der Waals surface area contributed by atoms with Gasteiger partial charge < -0.3 is 10.2 Å². The van der Waals surface area contributed by atoms with Crippen LogP contribution in [0.15, 0.2) is 34.7 Å². The lowest BCUT2D eigenvalue weighted by Crippen LogP contribution is -2.33. The summed E-state index contributed by atoms with van der Waals surface area (Å²) in [7, 11) is 0. The van der Waals surface area contributed by atoms with Gasteiger partial charge in [-0.1, -0.05) is 72.7 Å². The average molecular weight is 405 g/mol. The topological polar surface area (TPSA) is 58.1 Å². The summed E-state index contributed by atoms with van der Waals surface area (Å²) in [5, 5.41) is 12.8. The zero-order valence-electron chi connectivity index (χ0n) is 16.1. The summed E-state index contributed by atoms with van der Waals surface area (Å²) >= 11 is 3.06. The van der Waals surface area contributed by atoms with E-state index in [2.05, 4.69) is 15.5 Å². The number of nitrogens with one attached hydrogen (secondary N) is 1. The number of benzene rings is 1. The van der Waals surface area contributed by atoms with E-state index >= 15 is 0 Å². The molecule has 146 valence electrons. The Labute approximate surface area is 170 Å². The van der Waals surface area contributed by atoms with Crippen molar-refractivity contribution in [3.8, 4) is 0 Å². The Bertz CT molecular complexity index is 712. The zero-order valence-corrected chi connectivity index (χ0v) is 17.7. The van der Waals surface area contributed by atoms with Crippen LogP contribution in [0.5, 0.6) is 0 Å². The van der Waals surface area contributed by atoms with Crippen LogP contribution < -0.4 is 5.32 Å². The first-order chi connectivity index (χ1) is 13.2. The maximum Gasteiger partial charge on any atom is 0.240 e. The van der Waals surface area contributed by atoms with E-state index < -0.39 is 0 Å². The Morgan fingerprint density at radius 1 is 1.19 bits per heavy atom. The first-order valence-corrected chi connectivity index (χ1v) is 11.5. The van der Waals surface area contributed by atoms with Gasteiger partial charge in [-0.15, -0.1) is 10.2 Å². The monoisotopic (exact) mass is 404 g/mol. The van der Waals surface area contributed by atoms with Crippen LogP contribution in [0.3, 0.4) is 0 Å². The maximum atomic E-state index is 13.1. The second kappa shape index (κ2) is 10.1. The van der Waals surface area contributed by atoms with E-state index in [4.69, 9.17) is 0 Å². The van der Waals surface area contributed by atoms with Crippen LogP contribution in [0.1, 0.15) is 56.8 Å². The fourth-order valence-corrected chi connectivity index (χ4v) is 5.53. The second-order valence-electron chi connectivity index (χ2n) is 6.77. The lowest BCUT2D eigenvalue weighted by Gasteiger charge is -2.24. The Kier molecular flexibility index (Phi) is 7.52. The van der Waals surface area contributed by atoms with Crippen molar-refractivity contribution in [2.24, 2.45) is 0 Å². The SMILES string of the molecule is CCN(CC)C(=O)C(Sc1nnc(NC2CCCCC2)s1)c1ccccc1. The maximum absolute atomic E-state index is 13.1. The number of carbonyl (C=O) groups excluding carboxylic acids is 1. The van der Waals surface area contributed by atoms with Crippen molar-refractivity contribution in [2.45, 2.75) is 61.6 Å². The minimum Gasteiger partial charge on any atom is -0.357 e. The van der Waals surface area contributed by atoms with Crippen molar-refractivity contribution in [3.63, 3.8) is 0 Å². The lowest BCUT2D eigenvalue weighted by atomic mass is 9.96. The summed E-state index contributed by atoms with van der Waals surface area (Å²) in [5.41, 5.74) is 1.01. The Morgan fingerprint density at radius 3 is 2.56 bits per heavy atom. The van der Waals surface area contributed by atoms with Gasteiger partial charge in [0.05, 0.1) is 0 Å². The van der Waals surface area contributed by atoms with Crippen molar-refractivity contribution < 1.29 is 4.79 Å². The standard InChI is InChI=1S/C20H28N4OS2/c1-3-24(4-2)18(25)17(15-11-7-5-8-12-15)26-20-23-22-19(27-20)21-16-13-9-6-10-14-16/h5,7-8,11-12,16-17H,3-4,6,9-10,13-14H2,1-2H3,(H,21,22). The van der Waals surface area contributed by atoms with Crippen molar-refractivity contribution in [1.82, 2.24) is 15.1 Å². The summed E-state index contributed by atoms with van der Waals surface area (Å²) in [6.07, 6.45) is 6.31. The number of hydrogen-bond acceptors (Lipinski definition) is 6. The summed E-state index contributed by atoms with van der Waals surface area (Å²) in [6, 6.07) is 10.5. The minimum atomic E-state index is -0.290. The molecule has 1 unspecified atom stereocenters. The number of aromatic nitrogens is 2. The third-order valence-electron chi connectivity index (χ3n) is 4.96. The fourth-order valence-electron chi connectivity index (χ4n) is 3.43. The number of carbonyl (C=O) groups is 1. The molecule has 1 aromatic heterocycles. The highest BCUT2D eigenvalue weighted by atomic mass is 32.2. The molecule has 2 aromatic rings. The van der Waals surface area contributed by atoms with Gasteiger partial charge in [0, 0.05) is 19.1 Å². The molecule has 7 heteroatoms. The van der Waals surface area contributed by atoms with Crippen LogP contribution in [0.2, 0.25) is 0 Å². The van der Waals surface area contributed by atoms with Crippen molar-refractivity contribution in [3.05, 3.63) is 35.9 Å². The first kappa shape index (κ1) is 20.1. The third kappa shape index (κ3) is 5.45. The van der Waals surface area contributed by atoms with E-state index in [0.717, 1.165) is 15.0 Å². The molecule has 1 heterocycles. The number of hydrogen-bond donors (Lipinski definition) is 1. The molecule has 5 nitrogen and oxygen atoms in total. The Balaban J connectivity index is 1.73. The van der Waals surface area contributed by atoms with E-state index in [9.17, 15) is 4.79 Å². The van der Waals surface area contributed by atoms with Crippen LogP contribution in [0.4, 0.5) is 5.13 Å². The Morgan fingerprint density at radius 2 is 1.89 bits per heavy atom. The van der Waals surface area contributed by atoms with Gasteiger partial charge in [0.1, 0.15) is 5.25 Å². The quantitative estimate of drug-likeness (QED) is 0.629. The molecule has 1 fully saturated rings. The van der Waals surface area contributed by atoms with Gasteiger partial charge in [0.2, 0.25) is 11.0 Å². The highest BCUT2D eigenvalue weighted by molar-refractivity contribution is 8.01. The first-order valence-electron chi connectivity index (χ1n) is 9.81. The largest absolute Gasteiger partial charge is 0.357 e. The summed E-state index contributed by atoms with van der Waals surface area (Å²) in [5.74, 6) is 0.133. The number of thioether (sulfide) groups is 1. The molecule has 0 radical (unpaired) electrons. The summed E-state index contributed by atoms with van der Waals surface area (Å²) in [4.78, 5) is 15.0. The van der Waals surface area contributed by atoms with Gasteiger partial charge >= 0.3 is 0 Å². The van der Waals surface area contributed by atoms with Crippen molar-refractivity contribution in [1.29, 1.82) is 0 Å². The van der Waals surface area contributed by atoms with Crippen LogP contribution in [-0.4, -0.2) is 40.1 Å². The Hall–Kier alpha value is -1.60. The fraction of sp³-hybridized carbons (Fsp3) is 0.550. The van der Waals surface area contributed by atoms with Crippen LogP contribution in [0.25, 0.3) is 0 Å². The number of anilines is 1. The van der Waals surface area contributed by atoms with Gasteiger partial charge in [-0.05, 0) is 32.3 Å². The second-order valence-corrected chi connectivity index (χ2v) is 9.10. The van der Waals surface area contributed by atoms with Crippen LogP contribution in [-0.2, 0) is 4.79 Å². The minimum absolute atomic E-state index is 0.133. The van der Waals surface area contributed by atoms with Gasteiger partial charge in [0.25, 0.3) is 0 Å². The van der Waals surface area contributed by atoms with Gasteiger partial charge in [-0.3, -0.25) is 4.79 Å². The van der Waals surface area contributed by atoms with Crippen LogP contribution >= 0.6 is 23.1 Å². The van der Waals surface area contributed by atoms with E-state index in [-0.39, 0.29) is 11.2 Å². The lowest BCUT2D eigenvalue weighted by molar-refractivity contribution is -0.130. The smallest absolute Gasteiger partial charge is 0.240 e.